The Labute approximate surface area is 126 Å². The van der Waals surface area contributed by atoms with Gasteiger partial charge in [0, 0.05) is 0 Å². The lowest BCUT2D eigenvalue weighted by molar-refractivity contribution is 0.0950. The zero-order valence-electron chi connectivity index (χ0n) is 13.0. The number of hydrazine groups is 1. The molecule has 21 heavy (non-hydrogen) atoms. The fourth-order valence-electron chi connectivity index (χ4n) is 3.20. The van der Waals surface area contributed by atoms with Gasteiger partial charge in [-0.2, -0.15) is 0 Å². The van der Waals surface area contributed by atoms with Crippen LogP contribution in [-0.4, -0.2) is 11.0 Å². The summed E-state index contributed by atoms with van der Waals surface area (Å²) < 4.78 is 0. The maximum atomic E-state index is 11.9. The van der Waals surface area contributed by atoms with Crippen LogP contribution in [0.2, 0.25) is 0 Å². The van der Waals surface area contributed by atoms with Gasteiger partial charge in [-0.25, -0.2) is 5.84 Å². The Bertz CT molecular complexity index is 508. The van der Waals surface area contributed by atoms with E-state index in [-0.39, 0.29) is 11.7 Å². The number of benzene rings is 1. The van der Waals surface area contributed by atoms with Crippen LogP contribution in [0.4, 0.5) is 0 Å². The molecule has 1 saturated carbocycles. The van der Waals surface area contributed by atoms with Gasteiger partial charge in [0.05, 0.1) is 5.56 Å². The zero-order valence-corrected chi connectivity index (χ0v) is 13.0. The molecule has 4 N–H and O–H groups in total. The number of nitrogens with one attached hydrogen (secondary N) is 1. The summed E-state index contributed by atoms with van der Waals surface area (Å²) in [7, 11) is 0. The molecule has 0 spiro atoms. The first-order valence-electron chi connectivity index (χ1n) is 7.96. The van der Waals surface area contributed by atoms with Crippen molar-refractivity contribution in [3.8, 4) is 5.75 Å². The van der Waals surface area contributed by atoms with Crippen LogP contribution < -0.4 is 11.3 Å². The lowest BCUT2D eigenvalue weighted by atomic mass is 9.81. The van der Waals surface area contributed by atoms with Gasteiger partial charge >= 0.3 is 0 Å². The first-order valence-corrected chi connectivity index (χ1v) is 7.96. The van der Waals surface area contributed by atoms with Crippen LogP contribution in [0.5, 0.6) is 5.75 Å². The Kier molecular flexibility index (Phi) is 5.23. The van der Waals surface area contributed by atoms with Gasteiger partial charge in [-0.05, 0) is 48.3 Å². The number of phenolic OH excluding ortho intramolecular Hbond substituents is 1. The van der Waals surface area contributed by atoms with Crippen molar-refractivity contribution < 1.29 is 9.90 Å². The highest BCUT2D eigenvalue weighted by Crippen LogP contribution is 2.38. The third kappa shape index (κ3) is 3.38. The highest BCUT2D eigenvalue weighted by atomic mass is 16.3. The molecule has 1 aromatic rings. The smallest absolute Gasteiger partial charge is 0.268 e. The number of phenols is 1. The second-order valence-electron chi connectivity index (χ2n) is 6.12. The van der Waals surface area contributed by atoms with E-state index in [1.165, 1.54) is 24.8 Å². The predicted molar refractivity (Wildman–Crippen MR) is 84.3 cm³/mol. The van der Waals surface area contributed by atoms with Crippen LogP contribution >= 0.6 is 0 Å². The Morgan fingerprint density at radius 1 is 1.38 bits per heavy atom. The van der Waals surface area contributed by atoms with Crippen LogP contribution in [0.25, 0.3) is 0 Å². The Morgan fingerprint density at radius 2 is 2.05 bits per heavy atom. The minimum absolute atomic E-state index is 0.0758. The van der Waals surface area contributed by atoms with Crippen LogP contribution in [-0.2, 0) is 0 Å². The average Bonchev–Trinajstić information content (AvgIpc) is 2.54. The van der Waals surface area contributed by atoms with Gasteiger partial charge in [-0.1, -0.05) is 39.2 Å². The van der Waals surface area contributed by atoms with E-state index in [2.05, 4.69) is 25.3 Å². The fraction of sp³-hybridized carbons (Fsp3) is 0.588. The van der Waals surface area contributed by atoms with Crippen molar-refractivity contribution in [2.45, 2.75) is 64.2 Å². The molecular weight excluding hydrogens is 264 g/mol. The van der Waals surface area contributed by atoms with Gasteiger partial charge < -0.3 is 5.11 Å². The molecule has 2 rings (SSSR count). The molecule has 0 radical (unpaired) electrons. The van der Waals surface area contributed by atoms with Crippen molar-refractivity contribution >= 4 is 5.91 Å². The summed E-state index contributed by atoms with van der Waals surface area (Å²) in [6, 6.07) is 3.91. The molecular formula is C17H26N2O2. The lowest BCUT2D eigenvalue weighted by Gasteiger charge is -2.24. The van der Waals surface area contributed by atoms with Crippen LogP contribution in [0.3, 0.4) is 0 Å². The van der Waals surface area contributed by atoms with Gasteiger partial charge in [-0.15, -0.1) is 0 Å². The van der Waals surface area contributed by atoms with E-state index < -0.39 is 5.91 Å². The Morgan fingerprint density at radius 3 is 2.62 bits per heavy atom. The van der Waals surface area contributed by atoms with Gasteiger partial charge in [0.25, 0.3) is 5.91 Å². The Balaban J connectivity index is 2.47. The topological polar surface area (TPSA) is 75.4 Å². The predicted octanol–water partition coefficient (Wildman–Crippen LogP) is 3.56. The summed E-state index contributed by atoms with van der Waals surface area (Å²) in [5.74, 6) is 5.62. The second-order valence-corrected chi connectivity index (χ2v) is 6.12. The van der Waals surface area contributed by atoms with E-state index in [4.69, 9.17) is 5.84 Å². The molecule has 1 amide bonds. The molecule has 1 aliphatic rings. The number of hydrogen-bond acceptors (Lipinski definition) is 3. The summed E-state index contributed by atoms with van der Waals surface area (Å²) in [4.78, 5) is 11.9. The molecule has 0 bridgehead atoms. The largest absolute Gasteiger partial charge is 0.507 e. The summed E-state index contributed by atoms with van der Waals surface area (Å²) in [6.45, 7) is 4.16. The monoisotopic (exact) mass is 290 g/mol. The van der Waals surface area contributed by atoms with Crippen molar-refractivity contribution in [2.75, 3.05) is 0 Å². The minimum Gasteiger partial charge on any atom is -0.507 e. The molecule has 4 nitrogen and oxygen atoms in total. The summed E-state index contributed by atoms with van der Waals surface area (Å²) in [5, 5.41) is 10.4. The van der Waals surface area contributed by atoms with Gasteiger partial charge in [0.2, 0.25) is 0 Å². The first-order chi connectivity index (χ1) is 10.1. The third-order valence-corrected chi connectivity index (χ3v) is 4.76. The number of carbonyl (C=O) groups excluding carboxylic acids is 1. The van der Waals surface area contributed by atoms with E-state index in [0.717, 1.165) is 24.8 Å². The van der Waals surface area contributed by atoms with E-state index in [1.54, 1.807) is 0 Å². The summed E-state index contributed by atoms with van der Waals surface area (Å²) in [6.07, 6.45) is 7.02. The minimum atomic E-state index is -0.422. The number of aromatic hydroxyl groups is 1. The number of rotatable bonds is 4. The van der Waals surface area contributed by atoms with Gasteiger partial charge in [-0.3, -0.25) is 10.2 Å². The maximum absolute atomic E-state index is 11.9. The van der Waals surface area contributed by atoms with Crippen molar-refractivity contribution in [3.05, 3.63) is 28.8 Å². The van der Waals surface area contributed by atoms with Crippen LogP contribution in [0, 0.1) is 0 Å². The molecule has 0 heterocycles. The number of carbonyl (C=O) groups is 1. The molecule has 1 atom stereocenters. The fourth-order valence-corrected chi connectivity index (χ4v) is 3.20. The number of hydrogen-bond donors (Lipinski definition) is 3. The highest BCUT2D eigenvalue weighted by molar-refractivity contribution is 5.97. The number of nitrogen functional groups attached to an aromatic ring is 1. The summed E-state index contributed by atoms with van der Waals surface area (Å²) >= 11 is 0. The van der Waals surface area contributed by atoms with Crippen molar-refractivity contribution in [2.24, 2.45) is 5.84 Å². The van der Waals surface area contributed by atoms with Gasteiger partial charge in [0.15, 0.2) is 0 Å². The molecule has 0 saturated heterocycles. The molecule has 116 valence electrons. The second kappa shape index (κ2) is 6.94. The van der Waals surface area contributed by atoms with Crippen LogP contribution in [0.15, 0.2) is 12.1 Å². The number of amides is 1. The van der Waals surface area contributed by atoms with Crippen molar-refractivity contribution in [1.29, 1.82) is 0 Å². The van der Waals surface area contributed by atoms with E-state index in [0.29, 0.717) is 11.5 Å². The van der Waals surface area contributed by atoms with E-state index in [9.17, 15) is 9.90 Å². The van der Waals surface area contributed by atoms with E-state index >= 15 is 0 Å². The molecule has 1 fully saturated rings. The molecule has 1 aliphatic carbocycles. The molecule has 0 aromatic heterocycles. The SMILES string of the molecule is CCC(C)c1cc(C2CCCCC2)cc(C(=O)NN)c1O. The van der Waals surface area contributed by atoms with Crippen molar-refractivity contribution in [3.63, 3.8) is 0 Å². The first kappa shape index (κ1) is 15.8. The van der Waals surface area contributed by atoms with Gasteiger partial charge in [0.1, 0.15) is 5.75 Å². The Hall–Kier alpha value is -1.55. The van der Waals surface area contributed by atoms with Crippen LogP contribution in [0.1, 0.15) is 85.7 Å². The normalized spacial score (nSPS) is 17.5. The number of nitrogens with two attached hydrogens (primary N) is 1. The molecule has 0 aliphatic heterocycles. The molecule has 1 aromatic carbocycles. The highest BCUT2D eigenvalue weighted by Gasteiger charge is 2.23. The average molecular weight is 290 g/mol. The standard InChI is InChI=1S/C17H26N2O2/c1-3-11(2)14-9-13(12-7-5-4-6-8-12)10-15(16(14)20)17(21)19-18/h9-12,20H,3-8,18H2,1-2H3,(H,19,21). The lowest BCUT2D eigenvalue weighted by Crippen LogP contribution is -2.30. The third-order valence-electron chi connectivity index (χ3n) is 4.76. The quantitative estimate of drug-likeness (QED) is 0.451. The maximum Gasteiger partial charge on any atom is 0.268 e. The van der Waals surface area contributed by atoms with Crippen molar-refractivity contribution in [1.82, 2.24) is 5.43 Å². The zero-order chi connectivity index (χ0) is 15.4. The summed E-state index contributed by atoms with van der Waals surface area (Å²) in [5.41, 5.74) is 4.47. The molecule has 1 unspecified atom stereocenters. The van der Waals surface area contributed by atoms with E-state index in [1.807, 2.05) is 6.07 Å². The molecule has 4 heteroatoms.